The van der Waals surface area contributed by atoms with Gasteiger partial charge in [-0.25, -0.2) is 4.98 Å². The van der Waals surface area contributed by atoms with Crippen molar-refractivity contribution in [2.45, 2.75) is 13.8 Å². The average molecular weight is 303 g/mol. The number of anilines is 2. The fraction of sp³-hybridized carbons (Fsp3) is 0.167. The predicted molar refractivity (Wildman–Crippen MR) is 92.1 cm³/mol. The van der Waals surface area contributed by atoms with Crippen molar-refractivity contribution in [2.24, 2.45) is 0 Å². The summed E-state index contributed by atoms with van der Waals surface area (Å²) >= 11 is 0. The highest BCUT2D eigenvalue weighted by atomic mass is 15.3. The molecule has 0 saturated heterocycles. The van der Waals surface area contributed by atoms with E-state index in [4.69, 9.17) is 4.98 Å². The molecule has 114 valence electrons. The third kappa shape index (κ3) is 2.12. The first-order valence-corrected chi connectivity index (χ1v) is 7.72. The van der Waals surface area contributed by atoms with Gasteiger partial charge in [0.25, 0.3) is 0 Å². The fourth-order valence-corrected chi connectivity index (χ4v) is 2.95. The Balaban J connectivity index is 2.05. The minimum atomic E-state index is 0.784. The Bertz CT molecular complexity index is 975. The molecule has 0 spiro atoms. The van der Waals surface area contributed by atoms with Crippen LogP contribution in [0.3, 0.4) is 0 Å². The van der Waals surface area contributed by atoms with Crippen molar-refractivity contribution in [1.82, 2.24) is 19.6 Å². The number of rotatable bonds is 3. The van der Waals surface area contributed by atoms with Crippen LogP contribution in [0.15, 0.2) is 54.6 Å². The molecule has 2 aromatic carbocycles. The second kappa shape index (κ2) is 5.35. The summed E-state index contributed by atoms with van der Waals surface area (Å²) in [6.07, 6.45) is 0. The van der Waals surface area contributed by atoms with Gasteiger partial charge in [0.05, 0.1) is 11.0 Å². The second-order valence-electron chi connectivity index (χ2n) is 5.41. The molecule has 2 aromatic heterocycles. The van der Waals surface area contributed by atoms with Crippen molar-refractivity contribution < 1.29 is 0 Å². The van der Waals surface area contributed by atoms with Crippen LogP contribution in [0, 0.1) is 6.92 Å². The minimum Gasteiger partial charge on any atom is -0.323 e. The molecule has 0 bridgehead atoms. The molecule has 0 aliphatic heterocycles. The van der Waals surface area contributed by atoms with Gasteiger partial charge in [0.1, 0.15) is 5.82 Å². The van der Waals surface area contributed by atoms with Crippen molar-refractivity contribution >= 4 is 28.2 Å². The average Bonchev–Trinajstić information content (AvgIpc) is 2.99. The molecule has 2 heterocycles. The van der Waals surface area contributed by atoms with Crippen molar-refractivity contribution in [3.05, 3.63) is 60.4 Å². The van der Waals surface area contributed by atoms with E-state index in [1.165, 1.54) is 0 Å². The largest absolute Gasteiger partial charge is 0.323 e. The summed E-state index contributed by atoms with van der Waals surface area (Å²) in [6.45, 7) is 4.88. The molecule has 0 radical (unpaired) electrons. The number of aryl methyl sites for hydroxylation is 1. The lowest BCUT2D eigenvalue weighted by atomic mass is 10.2. The zero-order valence-electron chi connectivity index (χ0n) is 13.1. The van der Waals surface area contributed by atoms with Crippen molar-refractivity contribution in [3.63, 3.8) is 0 Å². The van der Waals surface area contributed by atoms with Crippen LogP contribution in [0.5, 0.6) is 0 Å². The van der Waals surface area contributed by atoms with Gasteiger partial charge in [-0.2, -0.15) is 0 Å². The van der Waals surface area contributed by atoms with Gasteiger partial charge in [-0.05, 0) is 38.1 Å². The van der Waals surface area contributed by atoms with Crippen LogP contribution in [-0.4, -0.2) is 26.1 Å². The number of hydrogen-bond donors (Lipinski definition) is 0. The van der Waals surface area contributed by atoms with E-state index in [2.05, 4.69) is 38.6 Å². The summed E-state index contributed by atoms with van der Waals surface area (Å²) in [5.74, 6) is 1.70. The van der Waals surface area contributed by atoms with E-state index in [0.717, 1.165) is 40.6 Å². The Morgan fingerprint density at radius 1 is 0.957 bits per heavy atom. The molecule has 5 nitrogen and oxygen atoms in total. The van der Waals surface area contributed by atoms with E-state index in [9.17, 15) is 0 Å². The van der Waals surface area contributed by atoms with Gasteiger partial charge in [0.15, 0.2) is 5.82 Å². The zero-order chi connectivity index (χ0) is 15.8. The predicted octanol–water partition coefficient (Wildman–Crippen LogP) is 3.74. The molecule has 5 heteroatoms. The lowest BCUT2D eigenvalue weighted by molar-refractivity contribution is 0.987. The number of benzene rings is 2. The molecule has 4 aromatic rings. The molecule has 0 atom stereocenters. The zero-order valence-corrected chi connectivity index (χ0v) is 13.1. The molecule has 0 aliphatic carbocycles. The third-order valence-corrected chi connectivity index (χ3v) is 4.01. The number of fused-ring (bicyclic) bond motifs is 3. The van der Waals surface area contributed by atoms with Gasteiger partial charge >= 0.3 is 0 Å². The normalized spacial score (nSPS) is 11.2. The maximum Gasteiger partial charge on any atom is 0.204 e. The summed E-state index contributed by atoms with van der Waals surface area (Å²) in [5, 5.41) is 8.63. The maximum atomic E-state index is 4.87. The molecular weight excluding hydrogens is 286 g/mol. The Morgan fingerprint density at radius 2 is 1.70 bits per heavy atom. The molecule has 0 saturated carbocycles. The SMILES string of the molecule is CCN(c1ccccc1)c1nc2ccccc2n2c(C)nnc12. The molecule has 4 rings (SSSR count). The molecule has 0 amide bonds. The molecule has 0 unspecified atom stereocenters. The lowest BCUT2D eigenvalue weighted by Crippen LogP contribution is -2.18. The number of hydrogen-bond acceptors (Lipinski definition) is 4. The van der Waals surface area contributed by atoms with Crippen LogP contribution >= 0.6 is 0 Å². The molecule has 23 heavy (non-hydrogen) atoms. The summed E-state index contributed by atoms with van der Waals surface area (Å²) in [6, 6.07) is 18.3. The molecule has 0 aliphatic rings. The third-order valence-electron chi connectivity index (χ3n) is 4.01. The summed E-state index contributed by atoms with van der Waals surface area (Å²) < 4.78 is 2.07. The van der Waals surface area contributed by atoms with Gasteiger partial charge < -0.3 is 4.90 Å². The van der Waals surface area contributed by atoms with E-state index in [1.807, 2.05) is 49.4 Å². The van der Waals surface area contributed by atoms with Crippen molar-refractivity contribution in [1.29, 1.82) is 0 Å². The molecule has 0 fully saturated rings. The number of aromatic nitrogens is 4. The van der Waals surface area contributed by atoms with Crippen LogP contribution in [0.2, 0.25) is 0 Å². The van der Waals surface area contributed by atoms with Crippen LogP contribution < -0.4 is 4.90 Å². The monoisotopic (exact) mass is 303 g/mol. The van der Waals surface area contributed by atoms with E-state index < -0.39 is 0 Å². The van der Waals surface area contributed by atoms with Gasteiger partial charge in [-0.15, -0.1) is 10.2 Å². The van der Waals surface area contributed by atoms with Crippen LogP contribution in [0.4, 0.5) is 11.5 Å². The molecular formula is C18H17N5. The Hall–Kier alpha value is -2.95. The van der Waals surface area contributed by atoms with E-state index in [1.54, 1.807) is 0 Å². The fourth-order valence-electron chi connectivity index (χ4n) is 2.95. The van der Waals surface area contributed by atoms with E-state index in [-0.39, 0.29) is 0 Å². The first kappa shape index (κ1) is 13.7. The van der Waals surface area contributed by atoms with Gasteiger partial charge in [-0.3, -0.25) is 4.40 Å². The van der Waals surface area contributed by atoms with Crippen LogP contribution in [-0.2, 0) is 0 Å². The van der Waals surface area contributed by atoms with Crippen LogP contribution in [0.1, 0.15) is 12.7 Å². The standard InChI is InChI=1S/C18H17N5/c1-3-22(14-9-5-4-6-10-14)17-18-21-20-13(2)23(18)16-12-8-7-11-15(16)19-17/h4-12H,3H2,1-2H3. The Morgan fingerprint density at radius 3 is 2.48 bits per heavy atom. The highest BCUT2D eigenvalue weighted by Gasteiger charge is 2.18. The van der Waals surface area contributed by atoms with Crippen molar-refractivity contribution in [3.8, 4) is 0 Å². The first-order chi connectivity index (χ1) is 11.3. The Kier molecular flexibility index (Phi) is 3.19. The van der Waals surface area contributed by atoms with Crippen LogP contribution in [0.25, 0.3) is 16.7 Å². The van der Waals surface area contributed by atoms with Crippen molar-refractivity contribution in [2.75, 3.05) is 11.4 Å². The maximum absolute atomic E-state index is 4.87. The minimum absolute atomic E-state index is 0.784. The topological polar surface area (TPSA) is 46.3 Å². The lowest BCUT2D eigenvalue weighted by Gasteiger charge is -2.22. The molecule has 0 N–H and O–H groups in total. The summed E-state index contributed by atoms with van der Waals surface area (Å²) in [5.41, 5.74) is 3.84. The first-order valence-electron chi connectivity index (χ1n) is 7.72. The van der Waals surface area contributed by atoms with E-state index in [0.29, 0.717) is 0 Å². The second-order valence-corrected chi connectivity index (χ2v) is 5.41. The summed E-state index contributed by atoms with van der Waals surface area (Å²) in [4.78, 5) is 7.03. The summed E-state index contributed by atoms with van der Waals surface area (Å²) in [7, 11) is 0. The van der Waals surface area contributed by atoms with E-state index >= 15 is 0 Å². The highest BCUT2D eigenvalue weighted by molar-refractivity contribution is 5.85. The van der Waals surface area contributed by atoms with Gasteiger partial charge in [0.2, 0.25) is 5.65 Å². The van der Waals surface area contributed by atoms with Gasteiger partial charge in [-0.1, -0.05) is 30.3 Å². The smallest absolute Gasteiger partial charge is 0.204 e. The number of para-hydroxylation sites is 3. The number of nitrogens with zero attached hydrogens (tertiary/aromatic N) is 5. The highest BCUT2D eigenvalue weighted by Crippen LogP contribution is 2.29. The Labute approximate surface area is 134 Å². The van der Waals surface area contributed by atoms with Gasteiger partial charge in [0, 0.05) is 12.2 Å². The quantitative estimate of drug-likeness (QED) is 0.578.